The molecule has 0 unspecified atom stereocenters. The summed E-state index contributed by atoms with van der Waals surface area (Å²) < 4.78 is 24.0. The van der Waals surface area contributed by atoms with Crippen molar-refractivity contribution in [1.29, 1.82) is 0 Å². The van der Waals surface area contributed by atoms with Gasteiger partial charge in [0.25, 0.3) is 11.8 Å². The van der Waals surface area contributed by atoms with Gasteiger partial charge in [0.15, 0.2) is 15.7 Å². The third-order valence-electron chi connectivity index (χ3n) is 5.00. The Bertz CT molecular complexity index is 1010. The Morgan fingerprint density at radius 2 is 1.83 bits per heavy atom. The molecule has 3 N–H and O–H groups in total. The van der Waals surface area contributed by atoms with Gasteiger partial charge in [-0.05, 0) is 44.4 Å². The molecule has 0 saturated heterocycles. The lowest BCUT2D eigenvalue weighted by Gasteiger charge is -2.19. The molecule has 29 heavy (non-hydrogen) atoms. The lowest BCUT2D eigenvalue weighted by molar-refractivity contribution is 0.0941. The number of benzene rings is 1. The second-order valence-electron chi connectivity index (χ2n) is 7.41. The van der Waals surface area contributed by atoms with E-state index in [1.165, 1.54) is 6.20 Å². The predicted molar refractivity (Wildman–Crippen MR) is 110 cm³/mol. The van der Waals surface area contributed by atoms with Gasteiger partial charge in [-0.15, -0.1) is 0 Å². The van der Waals surface area contributed by atoms with Gasteiger partial charge >= 0.3 is 0 Å². The molecule has 2 aromatic rings. The van der Waals surface area contributed by atoms with Gasteiger partial charge in [-0.2, -0.15) is 0 Å². The number of nitrogens with zero attached hydrogens (tertiary/aromatic N) is 1. The van der Waals surface area contributed by atoms with Crippen molar-refractivity contribution >= 4 is 33.3 Å². The largest absolute Gasteiger partial charge is 0.349 e. The van der Waals surface area contributed by atoms with Crippen molar-refractivity contribution in [2.24, 2.45) is 0 Å². The molecule has 0 spiro atoms. The fraction of sp³-hybridized carbons (Fsp3) is 0.421. The third kappa shape index (κ3) is 4.62. The smallest absolute Gasteiger partial charge is 0.287 e. The molecule has 1 heterocycles. The number of carbonyl (C=O) groups excluding carboxylic acids is 2. The molecule has 0 aliphatic heterocycles. The van der Waals surface area contributed by atoms with Crippen molar-refractivity contribution in [2.75, 3.05) is 6.54 Å². The lowest BCUT2D eigenvalue weighted by atomic mass is 10.2. The van der Waals surface area contributed by atoms with E-state index in [0.717, 1.165) is 5.56 Å². The number of amides is 2. The maximum atomic E-state index is 12.4. The molecular weight excluding hydrogens is 416 g/mol. The highest BCUT2D eigenvalue weighted by molar-refractivity contribution is 7.93. The molecule has 2 amide bonds. The number of sulfone groups is 1. The standard InChI is InChI=1S/C19H23ClN4O4S/c1-12(2)29(27,28)19(7-8-19)11-23-17(25)15-10-21-16(24-15)18(26)22-9-13-3-5-14(20)6-4-13/h3-6,10,12H,7-9,11H2,1-2H3,(H,21,24)(H,22,26)(H,23,25). The van der Waals surface area contributed by atoms with Crippen molar-refractivity contribution in [1.82, 2.24) is 20.6 Å². The first kappa shape index (κ1) is 21.3. The van der Waals surface area contributed by atoms with Gasteiger partial charge in [-0.3, -0.25) is 9.59 Å². The van der Waals surface area contributed by atoms with Crippen LogP contribution in [0.15, 0.2) is 30.5 Å². The summed E-state index contributed by atoms with van der Waals surface area (Å²) in [6.45, 7) is 3.61. The average Bonchev–Trinajstić information content (AvgIpc) is 3.33. The van der Waals surface area contributed by atoms with E-state index >= 15 is 0 Å². The number of hydrogen-bond donors (Lipinski definition) is 3. The van der Waals surface area contributed by atoms with Crippen LogP contribution in [0.25, 0.3) is 0 Å². The summed E-state index contributed by atoms with van der Waals surface area (Å²) in [4.78, 5) is 31.2. The van der Waals surface area contributed by atoms with E-state index in [-0.39, 0.29) is 24.6 Å². The van der Waals surface area contributed by atoms with Crippen molar-refractivity contribution in [3.8, 4) is 0 Å². The maximum Gasteiger partial charge on any atom is 0.287 e. The van der Waals surface area contributed by atoms with Crippen LogP contribution in [-0.4, -0.2) is 46.7 Å². The summed E-state index contributed by atoms with van der Waals surface area (Å²) in [6.07, 6.45) is 2.33. The Balaban J connectivity index is 1.56. The van der Waals surface area contributed by atoms with Crippen LogP contribution in [0.4, 0.5) is 0 Å². The normalized spacial score (nSPS) is 15.2. The number of rotatable bonds is 8. The van der Waals surface area contributed by atoms with Gasteiger partial charge in [-0.1, -0.05) is 23.7 Å². The Morgan fingerprint density at radius 3 is 2.41 bits per heavy atom. The van der Waals surface area contributed by atoms with E-state index in [1.807, 2.05) is 0 Å². The van der Waals surface area contributed by atoms with Gasteiger partial charge in [0.1, 0.15) is 5.69 Å². The fourth-order valence-corrected chi connectivity index (χ4v) is 5.03. The van der Waals surface area contributed by atoms with Crippen LogP contribution in [0, 0.1) is 0 Å². The minimum absolute atomic E-state index is 0.0000469. The number of hydrogen-bond acceptors (Lipinski definition) is 5. The topological polar surface area (TPSA) is 121 Å². The molecule has 0 atom stereocenters. The molecular formula is C19H23ClN4O4S. The van der Waals surface area contributed by atoms with Crippen molar-refractivity contribution in [2.45, 2.75) is 43.2 Å². The van der Waals surface area contributed by atoms with Crippen LogP contribution in [-0.2, 0) is 16.4 Å². The number of carbonyl (C=O) groups is 2. The van der Waals surface area contributed by atoms with E-state index in [4.69, 9.17) is 11.6 Å². The molecule has 1 aromatic carbocycles. The van der Waals surface area contributed by atoms with E-state index in [9.17, 15) is 18.0 Å². The highest BCUT2D eigenvalue weighted by atomic mass is 35.5. The van der Waals surface area contributed by atoms with E-state index < -0.39 is 31.6 Å². The SMILES string of the molecule is CC(C)S(=O)(=O)C1(CNC(=O)c2cnc(C(=O)NCc3ccc(Cl)cc3)[nH]2)CC1. The van der Waals surface area contributed by atoms with Crippen molar-refractivity contribution in [3.63, 3.8) is 0 Å². The zero-order chi connectivity index (χ0) is 21.2. The Hall–Kier alpha value is -2.39. The van der Waals surface area contributed by atoms with Crippen LogP contribution in [0.3, 0.4) is 0 Å². The van der Waals surface area contributed by atoms with E-state index in [2.05, 4.69) is 20.6 Å². The first-order valence-electron chi connectivity index (χ1n) is 9.24. The van der Waals surface area contributed by atoms with Crippen LogP contribution in [0.5, 0.6) is 0 Å². The van der Waals surface area contributed by atoms with Crippen LogP contribution < -0.4 is 10.6 Å². The molecule has 1 aliphatic carbocycles. The van der Waals surface area contributed by atoms with Gasteiger partial charge in [0, 0.05) is 18.1 Å². The number of H-pyrrole nitrogens is 1. The van der Waals surface area contributed by atoms with E-state index in [0.29, 0.717) is 17.9 Å². The highest BCUT2D eigenvalue weighted by Gasteiger charge is 2.55. The van der Waals surface area contributed by atoms with Gasteiger partial charge < -0.3 is 15.6 Å². The second-order valence-corrected chi connectivity index (χ2v) is 10.7. The fourth-order valence-electron chi connectivity index (χ4n) is 2.96. The lowest BCUT2D eigenvalue weighted by Crippen LogP contribution is -2.41. The average molecular weight is 439 g/mol. The van der Waals surface area contributed by atoms with Gasteiger partial charge in [-0.25, -0.2) is 13.4 Å². The number of aromatic amines is 1. The van der Waals surface area contributed by atoms with Gasteiger partial charge in [0.05, 0.1) is 16.2 Å². The quantitative estimate of drug-likeness (QED) is 0.582. The molecule has 1 aromatic heterocycles. The Labute approximate surface area is 174 Å². The summed E-state index contributed by atoms with van der Waals surface area (Å²) >= 11 is 5.83. The van der Waals surface area contributed by atoms with Crippen LogP contribution in [0.1, 0.15) is 53.4 Å². The maximum absolute atomic E-state index is 12.4. The summed E-state index contributed by atoms with van der Waals surface area (Å²) in [6, 6.07) is 7.04. The first-order chi connectivity index (χ1) is 13.6. The summed E-state index contributed by atoms with van der Waals surface area (Å²) in [7, 11) is -3.30. The second kappa shape index (κ2) is 8.16. The molecule has 10 heteroatoms. The molecule has 0 bridgehead atoms. The summed E-state index contributed by atoms with van der Waals surface area (Å²) in [5.74, 6) is -0.959. The molecule has 3 rings (SSSR count). The minimum atomic E-state index is -3.30. The molecule has 1 aliphatic rings. The van der Waals surface area contributed by atoms with Gasteiger partial charge in [0.2, 0.25) is 0 Å². The zero-order valence-electron chi connectivity index (χ0n) is 16.2. The number of nitrogens with one attached hydrogen (secondary N) is 3. The van der Waals surface area contributed by atoms with Crippen molar-refractivity contribution < 1.29 is 18.0 Å². The molecule has 1 fully saturated rings. The summed E-state index contributed by atoms with van der Waals surface area (Å²) in [5, 5.41) is 5.46. The monoisotopic (exact) mass is 438 g/mol. The molecule has 0 radical (unpaired) electrons. The molecule has 1 saturated carbocycles. The minimum Gasteiger partial charge on any atom is -0.349 e. The van der Waals surface area contributed by atoms with Crippen LogP contribution >= 0.6 is 11.6 Å². The zero-order valence-corrected chi connectivity index (χ0v) is 17.7. The Morgan fingerprint density at radius 1 is 1.17 bits per heavy atom. The van der Waals surface area contributed by atoms with Crippen molar-refractivity contribution in [3.05, 3.63) is 52.6 Å². The number of aromatic nitrogens is 2. The number of imidazole rings is 1. The molecule has 156 valence electrons. The predicted octanol–water partition coefficient (Wildman–Crippen LogP) is 2.08. The highest BCUT2D eigenvalue weighted by Crippen LogP contribution is 2.44. The third-order valence-corrected chi connectivity index (χ3v) is 8.26. The van der Waals surface area contributed by atoms with E-state index in [1.54, 1.807) is 38.1 Å². The Kier molecular flexibility index (Phi) is 6.00. The first-order valence-corrected chi connectivity index (χ1v) is 11.2. The number of halogens is 1. The molecule has 8 nitrogen and oxygen atoms in total. The summed E-state index contributed by atoms with van der Waals surface area (Å²) in [5.41, 5.74) is 0.966. The van der Waals surface area contributed by atoms with Crippen LogP contribution in [0.2, 0.25) is 5.02 Å².